The van der Waals surface area contributed by atoms with Crippen LogP contribution in [0.4, 0.5) is 11.4 Å². The molecule has 1 aromatic heterocycles. The first-order chi connectivity index (χ1) is 9.63. The molecule has 0 atom stereocenters. The van der Waals surface area contributed by atoms with Gasteiger partial charge in [0.2, 0.25) is 0 Å². The van der Waals surface area contributed by atoms with Crippen molar-refractivity contribution in [1.29, 1.82) is 0 Å². The number of nitrogens with zero attached hydrogens (tertiary/aromatic N) is 3. The van der Waals surface area contributed by atoms with E-state index in [4.69, 9.17) is 5.73 Å². The number of pyridine rings is 1. The van der Waals surface area contributed by atoms with E-state index < -0.39 is 0 Å². The Morgan fingerprint density at radius 3 is 2.65 bits per heavy atom. The Bertz CT molecular complexity index is 565. The third-order valence-electron chi connectivity index (χ3n) is 3.53. The van der Waals surface area contributed by atoms with Gasteiger partial charge in [0.1, 0.15) is 0 Å². The zero-order valence-corrected chi connectivity index (χ0v) is 12.6. The van der Waals surface area contributed by atoms with Gasteiger partial charge in [0.05, 0.1) is 11.2 Å². The minimum atomic E-state index is 0.744. The van der Waals surface area contributed by atoms with Crippen molar-refractivity contribution in [2.24, 2.45) is 0 Å². The third kappa shape index (κ3) is 3.20. The average Bonchev–Trinajstić information content (AvgIpc) is 2.44. The van der Waals surface area contributed by atoms with Crippen molar-refractivity contribution in [1.82, 2.24) is 9.88 Å². The molecule has 4 heteroatoms. The van der Waals surface area contributed by atoms with Gasteiger partial charge in [-0.3, -0.25) is 4.98 Å². The summed E-state index contributed by atoms with van der Waals surface area (Å²) in [5.41, 5.74) is 8.89. The molecule has 0 aliphatic heterocycles. The number of aromatic nitrogens is 1. The van der Waals surface area contributed by atoms with Crippen LogP contribution in [0, 0.1) is 0 Å². The number of fused-ring (bicyclic) bond motifs is 1. The molecule has 2 rings (SSSR count). The van der Waals surface area contributed by atoms with Gasteiger partial charge in [-0.2, -0.15) is 0 Å². The summed E-state index contributed by atoms with van der Waals surface area (Å²) in [6.07, 6.45) is 3.00. The summed E-state index contributed by atoms with van der Waals surface area (Å²) in [4.78, 5) is 9.02. The van der Waals surface area contributed by atoms with Crippen molar-refractivity contribution >= 4 is 22.3 Å². The predicted octanol–water partition coefficient (Wildman–Crippen LogP) is 2.59. The highest BCUT2D eigenvalue weighted by Gasteiger charge is 2.10. The molecule has 0 aliphatic carbocycles. The Morgan fingerprint density at radius 2 is 1.95 bits per heavy atom. The summed E-state index contributed by atoms with van der Waals surface area (Å²) >= 11 is 0. The first-order valence-electron chi connectivity index (χ1n) is 7.16. The number of rotatable bonds is 6. The Balaban J connectivity index is 2.28. The molecule has 0 saturated heterocycles. The molecule has 0 unspecified atom stereocenters. The van der Waals surface area contributed by atoms with Crippen molar-refractivity contribution in [3.05, 3.63) is 30.5 Å². The van der Waals surface area contributed by atoms with E-state index in [0.717, 1.165) is 42.6 Å². The van der Waals surface area contributed by atoms with Crippen LogP contribution in [0.25, 0.3) is 10.9 Å². The maximum absolute atomic E-state index is 6.02. The Hall–Kier alpha value is -1.81. The molecule has 0 fully saturated rings. The summed E-state index contributed by atoms with van der Waals surface area (Å²) in [5, 5.41) is 1.14. The zero-order chi connectivity index (χ0) is 14.5. The smallest absolute Gasteiger partial charge is 0.0951 e. The van der Waals surface area contributed by atoms with E-state index in [9.17, 15) is 0 Å². The van der Waals surface area contributed by atoms with Crippen LogP contribution >= 0.6 is 0 Å². The second-order valence-corrected chi connectivity index (χ2v) is 5.31. The summed E-state index contributed by atoms with van der Waals surface area (Å²) in [7, 11) is 4.22. The summed E-state index contributed by atoms with van der Waals surface area (Å²) in [5.74, 6) is 0. The Labute approximate surface area is 121 Å². The van der Waals surface area contributed by atoms with Crippen LogP contribution in [0.5, 0.6) is 0 Å². The van der Waals surface area contributed by atoms with Crippen LogP contribution in [0.2, 0.25) is 0 Å². The molecule has 2 aromatic rings. The van der Waals surface area contributed by atoms with Gasteiger partial charge in [0, 0.05) is 30.4 Å². The maximum atomic E-state index is 6.02. The minimum Gasteiger partial charge on any atom is -0.397 e. The number of nitrogen functional groups attached to an aromatic ring is 1. The lowest BCUT2D eigenvalue weighted by molar-refractivity contribution is 0.401. The largest absolute Gasteiger partial charge is 0.397 e. The summed E-state index contributed by atoms with van der Waals surface area (Å²) in [6.45, 7) is 5.32. The number of nitrogens with two attached hydrogens (primary N) is 1. The molecule has 108 valence electrons. The van der Waals surface area contributed by atoms with Crippen molar-refractivity contribution in [3.8, 4) is 0 Å². The fraction of sp³-hybridized carbons (Fsp3) is 0.438. The molecule has 1 aromatic carbocycles. The zero-order valence-electron chi connectivity index (χ0n) is 12.6. The lowest BCUT2D eigenvalue weighted by Crippen LogP contribution is -2.27. The van der Waals surface area contributed by atoms with E-state index in [1.807, 2.05) is 18.3 Å². The van der Waals surface area contributed by atoms with Crippen LogP contribution in [-0.4, -0.2) is 43.6 Å². The molecular weight excluding hydrogens is 248 g/mol. The van der Waals surface area contributed by atoms with E-state index in [2.05, 4.69) is 47.9 Å². The molecule has 0 aliphatic rings. The van der Waals surface area contributed by atoms with Crippen LogP contribution < -0.4 is 10.6 Å². The number of anilines is 2. The van der Waals surface area contributed by atoms with E-state index in [1.54, 1.807) is 0 Å². The molecule has 4 nitrogen and oxygen atoms in total. The first-order valence-corrected chi connectivity index (χ1v) is 7.16. The van der Waals surface area contributed by atoms with Gasteiger partial charge in [-0.1, -0.05) is 12.1 Å². The van der Waals surface area contributed by atoms with Crippen molar-refractivity contribution in [3.63, 3.8) is 0 Å². The van der Waals surface area contributed by atoms with Crippen molar-refractivity contribution < 1.29 is 0 Å². The van der Waals surface area contributed by atoms with Crippen molar-refractivity contribution in [2.75, 3.05) is 44.4 Å². The van der Waals surface area contributed by atoms with Gasteiger partial charge >= 0.3 is 0 Å². The van der Waals surface area contributed by atoms with Gasteiger partial charge in [-0.05, 0) is 46.1 Å². The van der Waals surface area contributed by atoms with Gasteiger partial charge < -0.3 is 15.5 Å². The van der Waals surface area contributed by atoms with E-state index in [1.165, 1.54) is 5.69 Å². The fourth-order valence-corrected chi connectivity index (χ4v) is 2.49. The molecule has 0 saturated carbocycles. The number of hydrogen-bond donors (Lipinski definition) is 1. The second-order valence-electron chi connectivity index (χ2n) is 5.31. The quantitative estimate of drug-likeness (QED) is 0.821. The molecular formula is C16H24N4. The molecule has 0 bridgehead atoms. The van der Waals surface area contributed by atoms with Crippen LogP contribution in [0.1, 0.15) is 13.3 Å². The lowest BCUT2D eigenvalue weighted by Gasteiger charge is -2.25. The standard InChI is InChI=1S/C16H24N4/c1-4-20(12-6-11-19(2)3)15-9-10-18-16-13(15)7-5-8-14(16)17/h5,7-10H,4,6,11-12,17H2,1-3H3. The third-order valence-corrected chi connectivity index (χ3v) is 3.53. The summed E-state index contributed by atoms with van der Waals surface area (Å²) in [6, 6.07) is 8.08. The molecule has 0 amide bonds. The fourth-order valence-electron chi connectivity index (χ4n) is 2.49. The highest BCUT2D eigenvalue weighted by Crippen LogP contribution is 2.28. The van der Waals surface area contributed by atoms with E-state index >= 15 is 0 Å². The van der Waals surface area contributed by atoms with Crippen LogP contribution in [0.15, 0.2) is 30.5 Å². The monoisotopic (exact) mass is 272 g/mol. The maximum Gasteiger partial charge on any atom is 0.0951 e. The highest BCUT2D eigenvalue weighted by molar-refractivity contribution is 5.97. The molecule has 20 heavy (non-hydrogen) atoms. The van der Waals surface area contributed by atoms with E-state index in [0.29, 0.717) is 0 Å². The van der Waals surface area contributed by atoms with Gasteiger partial charge in [0.25, 0.3) is 0 Å². The number of para-hydroxylation sites is 1. The topological polar surface area (TPSA) is 45.4 Å². The minimum absolute atomic E-state index is 0.744. The van der Waals surface area contributed by atoms with E-state index in [-0.39, 0.29) is 0 Å². The normalized spacial score (nSPS) is 11.2. The molecule has 1 heterocycles. The number of hydrogen-bond acceptors (Lipinski definition) is 4. The SMILES string of the molecule is CCN(CCCN(C)C)c1ccnc2c(N)cccc12. The lowest BCUT2D eigenvalue weighted by atomic mass is 10.1. The molecule has 0 radical (unpaired) electrons. The number of benzene rings is 1. The average molecular weight is 272 g/mol. The highest BCUT2D eigenvalue weighted by atomic mass is 15.1. The Kier molecular flexibility index (Phi) is 4.79. The first kappa shape index (κ1) is 14.6. The van der Waals surface area contributed by atoms with Crippen LogP contribution in [-0.2, 0) is 0 Å². The predicted molar refractivity (Wildman–Crippen MR) is 87.2 cm³/mol. The van der Waals surface area contributed by atoms with Gasteiger partial charge in [-0.15, -0.1) is 0 Å². The Morgan fingerprint density at radius 1 is 1.15 bits per heavy atom. The van der Waals surface area contributed by atoms with Crippen molar-refractivity contribution in [2.45, 2.75) is 13.3 Å². The summed E-state index contributed by atoms with van der Waals surface area (Å²) < 4.78 is 0. The second kappa shape index (κ2) is 6.57. The molecule has 2 N–H and O–H groups in total. The van der Waals surface area contributed by atoms with Crippen LogP contribution in [0.3, 0.4) is 0 Å². The van der Waals surface area contributed by atoms with Gasteiger partial charge in [0.15, 0.2) is 0 Å². The van der Waals surface area contributed by atoms with Gasteiger partial charge in [-0.25, -0.2) is 0 Å². The molecule has 0 spiro atoms.